The summed E-state index contributed by atoms with van der Waals surface area (Å²) >= 11 is 6.36. The molecule has 1 aliphatic rings. The van der Waals surface area contributed by atoms with Crippen molar-refractivity contribution in [2.45, 2.75) is 39.2 Å². The Morgan fingerprint density at radius 3 is 2.49 bits per heavy atom. The van der Waals surface area contributed by atoms with Gasteiger partial charge in [-0.05, 0) is 42.2 Å². The van der Waals surface area contributed by atoms with E-state index in [2.05, 4.69) is 4.98 Å². The Kier molecular flexibility index (Phi) is 6.96. The summed E-state index contributed by atoms with van der Waals surface area (Å²) in [5.41, 5.74) is -0.737. The number of ketones is 1. The minimum absolute atomic E-state index is 0.0394. The zero-order valence-corrected chi connectivity index (χ0v) is 21.1. The number of halogens is 3. The van der Waals surface area contributed by atoms with E-state index in [1.165, 1.54) is 25.4 Å². The fraction of sp³-hybridized carbons (Fsp3) is 0.269. The van der Waals surface area contributed by atoms with Crippen molar-refractivity contribution in [1.29, 1.82) is 0 Å². The lowest BCUT2D eigenvalue weighted by atomic mass is 9.90. The number of carbonyl (C=O) groups excluding carboxylic acids is 2. The standard InChI is InChI=1S/C26H22ClF2N3O5/c1-5-13-9-10-30-21(12(2)3)22(13)31-23-14(25(33)24(26(31)34)32(35)36)11-15(27)18(20(23)29)19-16(28)7-6-8-17(19)37-4/h6-12,24H,5H2,1-4H3. The topological polar surface area (TPSA) is 103 Å². The minimum Gasteiger partial charge on any atom is -0.496 e. The summed E-state index contributed by atoms with van der Waals surface area (Å²) in [5.74, 6) is -4.84. The molecular formula is C26H22ClF2N3O5. The van der Waals surface area contributed by atoms with Crippen LogP contribution in [0.5, 0.6) is 5.75 Å². The van der Waals surface area contributed by atoms with E-state index in [-0.39, 0.29) is 27.9 Å². The molecule has 1 amide bonds. The van der Waals surface area contributed by atoms with Gasteiger partial charge < -0.3 is 4.74 Å². The molecule has 2 heterocycles. The molecule has 37 heavy (non-hydrogen) atoms. The van der Waals surface area contributed by atoms with Crippen molar-refractivity contribution in [3.63, 3.8) is 0 Å². The maximum absolute atomic E-state index is 16.5. The van der Waals surface area contributed by atoms with Crippen LogP contribution in [0.15, 0.2) is 36.5 Å². The molecule has 0 saturated heterocycles. The Bertz CT molecular complexity index is 1460. The number of fused-ring (bicyclic) bond motifs is 1. The number of nitrogens with zero attached hydrogens (tertiary/aromatic N) is 3. The van der Waals surface area contributed by atoms with Crippen molar-refractivity contribution >= 4 is 34.7 Å². The average Bonchev–Trinajstić information content (AvgIpc) is 2.85. The fourth-order valence-electron chi connectivity index (χ4n) is 4.54. The Morgan fingerprint density at radius 1 is 1.19 bits per heavy atom. The van der Waals surface area contributed by atoms with E-state index in [0.29, 0.717) is 17.7 Å². The number of hydrogen-bond donors (Lipinski definition) is 0. The number of pyridine rings is 1. The molecule has 0 radical (unpaired) electrons. The number of benzene rings is 2. The summed E-state index contributed by atoms with van der Waals surface area (Å²) in [6, 6.07) is 4.16. The van der Waals surface area contributed by atoms with E-state index in [4.69, 9.17) is 16.3 Å². The summed E-state index contributed by atoms with van der Waals surface area (Å²) in [4.78, 5) is 42.7. The average molecular weight is 530 g/mol. The first-order chi connectivity index (χ1) is 17.5. The van der Waals surface area contributed by atoms with Gasteiger partial charge in [0, 0.05) is 16.7 Å². The largest absolute Gasteiger partial charge is 0.496 e. The Hall–Kier alpha value is -3.92. The van der Waals surface area contributed by atoms with Crippen molar-refractivity contribution in [3.05, 3.63) is 80.1 Å². The van der Waals surface area contributed by atoms with Crippen LogP contribution in [0, 0.1) is 21.7 Å². The van der Waals surface area contributed by atoms with Crippen LogP contribution in [0.2, 0.25) is 5.02 Å². The maximum Gasteiger partial charge on any atom is 0.352 e. The van der Waals surface area contributed by atoms with Gasteiger partial charge >= 0.3 is 11.9 Å². The molecular weight excluding hydrogens is 508 g/mol. The van der Waals surface area contributed by atoms with E-state index in [1.54, 1.807) is 26.8 Å². The number of carbonyl (C=O) groups is 2. The normalized spacial score (nSPS) is 15.2. The molecule has 1 aliphatic heterocycles. The van der Waals surface area contributed by atoms with Crippen LogP contribution < -0.4 is 9.64 Å². The highest BCUT2D eigenvalue weighted by atomic mass is 35.5. The first-order valence-electron chi connectivity index (χ1n) is 11.4. The second-order valence-corrected chi connectivity index (χ2v) is 9.11. The lowest BCUT2D eigenvalue weighted by Crippen LogP contribution is -2.51. The van der Waals surface area contributed by atoms with Gasteiger partial charge in [0.15, 0.2) is 5.82 Å². The molecule has 4 rings (SSSR count). The van der Waals surface area contributed by atoms with Crippen LogP contribution in [0.4, 0.5) is 20.2 Å². The number of anilines is 2. The van der Waals surface area contributed by atoms with Crippen molar-refractivity contribution in [2.24, 2.45) is 0 Å². The van der Waals surface area contributed by atoms with E-state index < -0.39 is 51.1 Å². The second kappa shape index (κ2) is 9.85. The van der Waals surface area contributed by atoms with E-state index in [1.807, 2.05) is 0 Å². The van der Waals surface area contributed by atoms with E-state index >= 15 is 4.39 Å². The molecule has 0 spiro atoms. The fourth-order valence-corrected chi connectivity index (χ4v) is 4.83. The Morgan fingerprint density at radius 2 is 1.89 bits per heavy atom. The van der Waals surface area contributed by atoms with Crippen LogP contribution in [0.1, 0.15) is 48.3 Å². The number of aromatic nitrogens is 1. The molecule has 8 nitrogen and oxygen atoms in total. The summed E-state index contributed by atoms with van der Waals surface area (Å²) < 4.78 is 36.7. The zero-order valence-electron chi connectivity index (χ0n) is 20.3. The van der Waals surface area contributed by atoms with E-state index in [0.717, 1.165) is 17.0 Å². The number of rotatable bonds is 6. The van der Waals surface area contributed by atoms with Gasteiger partial charge in [-0.1, -0.05) is 38.4 Å². The van der Waals surface area contributed by atoms with Crippen molar-refractivity contribution < 1.29 is 28.0 Å². The van der Waals surface area contributed by atoms with Gasteiger partial charge in [0.25, 0.3) is 0 Å². The Balaban J connectivity index is 2.17. The highest BCUT2D eigenvalue weighted by molar-refractivity contribution is 6.35. The number of Topliss-reactive ketones (excluding diaryl/α,β-unsaturated/α-hetero) is 1. The van der Waals surface area contributed by atoms with Crippen molar-refractivity contribution in [3.8, 4) is 16.9 Å². The highest BCUT2D eigenvalue weighted by Gasteiger charge is 2.51. The van der Waals surface area contributed by atoms with Crippen LogP contribution in [0.3, 0.4) is 0 Å². The predicted octanol–water partition coefficient (Wildman–Crippen LogP) is 5.88. The third kappa shape index (κ3) is 4.11. The maximum atomic E-state index is 16.5. The number of ether oxygens (including phenoxy) is 1. The number of hydrogen-bond acceptors (Lipinski definition) is 6. The summed E-state index contributed by atoms with van der Waals surface area (Å²) in [7, 11) is 1.27. The second-order valence-electron chi connectivity index (χ2n) is 8.70. The van der Waals surface area contributed by atoms with Gasteiger partial charge in [0.1, 0.15) is 11.6 Å². The van der Waals surface area contributed by atoms with E-state index in [9.17, 15) is 24.1 Å². The Labute approximate surface area is 216 Å². The minimum atomic E-state index is -2.32. The van der Waals surface area contributed by atoms with Crippen molar-refractivity contribution in [2.75, 3.05) is 12.0 Å². The molecule has 2 aromatic carbocycles. The first-order valence-corrected chi connectivity index (χ1v) is 11.8. The monoisotopic (exact) mass is 529 g/mol. The molecule has 11 heteroatoms. The number of nitro groups is 1. The van der Waals surface area contributed by atoms with Gasteiger partial charge in [-0.15, -0.1) is 0 Å². The lowest BCUT2D eigenvalue weighted by molar-refractivity contribution is -0.491. The molecule has 0 bridgehead atoms. The third-order valence-electron chi connectivity index (χ3n) is 6.23. The van der Waals surface area contributed by atoms with Gasteiger partial charge in [0.2, 0.25) is 5.78 Å². The smallest absolute Gasteiger partial charge is 0.352 e. The molecule has 3 aromatic rings. The molecule has 1 unspecified atom stereocenters. The molecule has 0 N–H and O–H groups in total. The molecule has 1 aromatic heterocycles. The van der Waals surface area contributed by atoms with Crippen LogP contribution in [-0.4, -0.2) is 34.7 Å². The quantitative estimate of drug-likeness (QED) is 0.224. The van der Waals surface area contributed by atoms with Gasteiger partial charge in [-0.3, -0.25) is 29.6 Å². The highest BCUT2D eigenvalue weighted by Crippen LogP contribution is 2.48. The number of aryl methyl sites for hydroxylation is 1. The number of amides is 1. The first kappa shape index (κ1) is 26.2. The number of methoxy groups -OCH3 is 1. The SMILES string of the molecule is CCc1ccnc(C(C)C)c1N1C(=O)C([N+](=O)[O-])C(=O)c2cc(Cl)c(-c3c(F)cccc3OC)c(F)c21. The van der Waals surface area contributed by atoms with Gasteiger partial charge in [-0.25, -0.2) is 8.78 Å². The van der Waals surface area contributed by atoms with Gasteiger partial charge in [0.05, 0.1) is 40.3 Å². The zero-order chi connectivity index (χ0) is 27.2. The lowest BCUT2D eigenvalue weighted by Gasteiger charge is -2.34. The van der Waals surface area contributed by atoms with Crippen molar-refractivity contribution in [1.82, 2.24) is 4.98 Å². The molecule has 0 fully saturated rings. The summed E-state index contributed by atoms with van der Waals surface area (Å²) in [6.07, 6.45) is 1.90. The molecule has 0 aliphatic carbocycles. The predicted molar refractivity (Wildman–Crippen MR) is 133 cm³/mol. The molecule has 0 saturated carbocycles. The van der Waals surface area contributed by atoms with Crippen LogP contribution in [-0.2, 0) is 11.2 Å². The molecule has 192 valence electrons. The third-order valence-corrected chi connectivity index (χ3v) is 6.53. The van der Waals surface area contributed by atoms with Gasteiger partial charge in [-0.2, -0.15) is 0 Å². The van der Waals surface area contributed by atoms with Crippen LogP contribution >= 0.6 is 11.6 Å². The summed E-state index contributed by atoms with van der Waals surface area (Å²) in [6.45, 7) is 5.39. The van der Waals surface area contributed by atoms with Crippen LogP contribution in [0.25, 0.3) is 11.1 Å². The summed E-state index contributed by atoms with van der Waals surface area (Å²) in [5, 5.41) is 11.5. The molecule has 1 atom stereocenters.